The summed E-state index contributed by atoms with van der Waals surface area (Å²) in [6.45, 7) is 9.56. The van der Waals surface area contributed by atoms with E-state index in [0.29, 0.717) is 12.2 Å². The second kappa shape index (κ2) is 6.03. The maximum Gasteiger partial charge on any atom is 0.238 e. The van der Waals surface area contributed by atoms with Crippen molar-refractivity contribution in [2.45, 2.75) is 26.3 Å². The Morgan fingerprint density at radius 1 is 1.38 bits per heavy atom. The average molecular weight is 290 g/mol. The van der Waals surface area contributed by atoms with Crippen molar-refractivity contribution >= 4 is 17.3 Å². The van der Waals surface area contributed by atoms with E-state index in [0.717, 1.165) is 30.9 Å². The number of hydrogen-bond donors (Lipinski definition) is 2. The molecule has 0 spiro atoms. The summed E-state index contributed by atoms with van der Waals surface area (Å²) >= 11 is 0. The molecule has 21 heavy (non-hydrogen) atoms. The van der Waals surface area contributed by atoms with Gasteiger partial charge in [-0.15, -0.1) is 0 Å². The molecule has 3 N–H and O–H groups in total. The monoisotopic (exact) mass is 290 g/mol. The average Bonchev–Trinajstić information content (AvgIpc) is 2.39. The topological polar surface area (TPSA) is 61.6 Å². The van der Waals surface area contributed by atoms with E-state index in [4.69, 9.17) is 5.73 Å². The molecular formula is C16H26N4O. The van der Waals surface area contributed by atoms with Gasteiger partial charge in [0, 0.05) is 36.5 Å². The van der Waals surface area contributed by atoms with E-state index >= 15 is 0 Å². The first-order valence-electron chi connectivity index (χ1n) is 7.38. The number of benzene rings is 1. The number of carbonyl (C=O) groups is 1. The lowest BCUT2D eigenvalue weighted by atomic mass is 10.00. The smallest absolute Gasteiger partial charge is 0.238 e. The van der Waals surface area contributed by atoms with Crippen LogP contribution in [0.5, 0.6) is 0 Å². The van der Waals surface area contributed by atoms with Crippen LogP contribution in [0.4, 0.5) is 11.4 Å². The van der Waals surface area contributed by atoms with Gasteiger partial charge in [0.05, 0.1) is 6.54 Å². The number of nitrogen functional groups attached to an aromatic ring is 1. The molecular weight excluding hydrogens is 264 g/mol. The predicted molar refractivity (Wildman–Crippen MR) is 87.4 cm³/mol. The summed E-state index contributed by atoms with van der Waals surface area (Å²) in [5, 5.41) is 2.96. The van der Waals surface area contributed by atoms with Crippen LogP contribution in [0, 0.1) is 6.92 Å². The van der Waals surface area contributed by atoms with Crippen LogP contribution in [0.25, 0.3) is 0 Å². The molecule has 1 aliphatic heterocycles. The van der Waals surface area contributed by atoms with E-state index < -0.39 is 0 Å². The van der Waals surface area contributed by atoms with Crippen molar-refractivity contribution < 1.29 is 4.79 Å². The van der Waals surface area contributed by atoms with E-state index in [1.165, 1.54) is 0 Å². The zero-order valence-corrected chi connectivity index (χ0v) is 13.4. The van der Waals surface area contributed by atoms with Crippen molar-refractivity contribution in [3.63, 3.8) is 0 Å². The Hall–Kier alpha value is -1.59. The van der Waals surface area contributed by atoms with Gasteiger partial charge in [0.15, 0.2) is 0 Å². The molecule has 0 saturated carbocycles. The third-order valence-corrected chi connectivity index (χ3v) is 4.41. The summed E-state index contributed by atoms with van der Waals surface area (Å²) in [4.78, 5) is 16.8. The minimum atomic E-state index is 0.0176. The molecule has 5 heteroatoms. The van der Waals surface area contributed by atoms with Crippen LogP contribution in [0.1, 0.15) is 19.4 Å². The van der Waals surface area contributed by atoms with Crippen LogP contribution in [0.3, 0.4) is 0 Å². The third kappa shape index (κ3) is 3.74. The van der Waals surface area contributed by atoms with Gasteiger partial charge in [-0.2, -0.15) is 0 Å². The van der Waals surface area contributed by atoms with Crippen LogP contribution in [0.15, 0.2) is 18.2 Å². The minimum absolute atomic E-state index is 0.0176. The summed E-state index contributed by atoms with van der Waals surface area (Å²) in [5.41, 5.74) is 8.39. The Morgan fingerprint density at radius 3 is 2.76 bits per heavy atom. The number of hydrogen-bond acceptors (Lipinski definition) is 4. The highest BCUT2D eigenvalue weighted by Crippen LogP contribution is 2.21. The zero-order chi connectivity index (χ0) is 15.6. The number of nitrogens with one attached hydrogen (secondary N) is 1. The van der Waals surface area contributed by atoms with Crippen molar-refractivity contribution in [3.05, 3.63) is 23.8 Å². The first-order valence-corrected chi connectivity index (χ1v) is 7.38. The van der Waals surface area contributed by atoms with E-state index in [-0.39, 0.29) is 11.4 Å². The number of rotatable bonds is 3. The van der Waals surface area contributed by atoms with Gasteiger partial charge < -0.3 is 11.1 Å². The van der Waals surface area contributed by atoms with Crippen molar-refractivity contribution in [2.75, 3.05) is 44.3 Å². The predicted octanol–water partition coefficient (Wildman–Crippen LogP) is 1.54. The first kappa shape index (κ1) is 15.8. The summed E-state index contributed by atoms with van der Waals surface area (Å²) < 4.78 is 0. The van der Waals surface area contributed by atoms with Gasteiger partial charge in [-0.25, -0.2) is 0 Å². The molecule has 1 fully saturated rings. The summed E-state index contributed by atoms with van der Waals surface area (Å²) in [6, 6.07) is 5.59. The fraction of sp³-hybridized carbons (Fsp3) is 0.562. The van der Waals surface area contributed by atoms with Crippen molar-refractivity contribution in [1.82, 2.24) is 9.80 Å². The van der Waals surface area contributed by atoms with Gasteiger partial charge in [-0.3, -0.25) is 14.6 Å². The van der Waals surface area contributed by atoms with Crippen molar-refractivity contribution in [2.24, 2.45) is 0 Å². The van der Waals surface area contributed by atoms with Gasteiger partial charge in [0.2, 0.25) is 5.91 Å². The Morgan fingerprint density at radius 2 is 2.10 bits per heavy atom. The molecule has 0 atom stereocenters. The van der Waals surface area contributed by atoms with Crippen molar-refractivity contribution in [1.29, 1.82) is 0 Å². The Labute approximate surface area is 127 Å². The summed E-state index contributed by atoms with van der Waals surface area (Å²) in [5.74, 6) is 0.0176. The molecule has 1 aromatic carbocycles. The summed E-state index contributed by atoms with van der Waals surface area (Å²) in [7, 11) is 2.13. The van der Waals surface area contributed by atoms with Crippen LogP contribution in [-0.4, -0.2) is 54.5 Å². The first-order chi connectivity index (χ1) is 9.79. The molecule has 1 aromatic rings. The number of carbonyl (C=O) groups excluding carboxylic acids is 1. The van der Waals surface area contributed by atoms with Gasteiger partial charge in [0.25, 0.3) is 0 Å². The maximum atomic E-state index is 12.2. The number of nitrogens with zero attached hydrogens (tertiary/aromatic N) is 2. The maximum absolute atomic E-state index is 12.2. The molecule has 2 rings (SSSR count). The van der Waals surface area contributed by atoms with Crippen LogP contribution >= 0.6 is 0 Å². The molecule has 0 radical (unpaired) electrons. The highest BCUT2D eigenvalue weighted by Gasteiger charge is 2.31. The normalized spacial score (nSPS) is 19.4. The Kier molecular flexibility index (Phi) is 4.54. The number of anilines is 2. The lowest BCUT2D eigenvalue weighted by molar-refractivity contribution is -0.118. The third-order valence-electron chi connectivity index (χ3n) is 4.41. The van der Waals surface area contributed by atoms with Crippen molar-refractivity contribution in [3.8, 4) is 0 Å². The Bertz CT molecular complexity index is 527. The minimum Gasteiger partial charge on any atom is -0.398 e. The van der Waals surface area contributed by atoms with Gasteiger partial charge in [-0.1, -0.05) is 6.07 Å². The number of nitrogens with two attached hydrogens (primary N) is 1. The number of likely N-dealkylation sites (N-methyl/N-ethyl adjacent to an activating group) is 1. The molecule has 0 bridgehead atoms. The van der Waals surface area contributed by atoms with Gasteiger partial charge in [0.1, 0.15) is 0 Å². The van der Waals surface area contributed by atoms with Crippen LogP contribution < -0.4 is 11.1 Å². The van der Waals surface area contributed by atoms with Crippen LogP contribution in [-0.2, 0) is 4.79 Å². The molecule has 116 valence electrons. The standard InChI is InChI=1S/C16H26N4O/c1-12-13(17)6-5-7-14(12)18-15(21)10-20-9-8-19(4)16(2,3)11-20/h5-7H,8-11,17H2,1-4H3,(H,18,21). The van der Waals surface area contributed by atoms with E-state index in [9.17, 15) is 4.79 Å². The lowest BCUT2D eigenvalue weighted by Gasteiger charge is -2.45. The second-order valence-electron chi connectivity index (χ2n) is 6.51. The molecule has 0 aromatic heterocycles. The number of amides is 1. The fourth-order valence-electron chi connectivity index (χ4n) is 2.66. The summed E-state index contributed by atoms with van der Waals surface area (Å²) in [6.07, 6.45) is 0. The zero-order valence-electron chi connectivity index (χ0n) is 13.4. The van der Waals surface area contributed by atoms with Gasteiger partial charge >= 0.3 is 0 Å². The largest absolute Gasteiger partial charge is 0.398 e. The SMILES string of the molecule is Cc1c(N)cccc1NC(=O)CN1CCN(C)C(C)(C)C1. The fourth-order valence-corrected chi connectivity index (χ4v) is 2.66. The molecule has 1 heterocycles. The van der Waals surface area contributed by atoms with E-state index in [1.807, 2.05) is 25.1 Å². The molecule has 5 nitrogen and oxygen atoms in total. The molecule has 0 unspecified atom stereocenters. The number of piperazine rings is 1. The van der Waals surface area contributed by atoms with Crippen LogP contribution in [0.2, 0.25) is 0 Å². The quantitative estimate of drug-likeness (QED) is 0.829. The highest BCUT2D eigenvalue weighted by atomic mass is 16.2. The molecule has 1 aliphatic rings. The Balaban J connectivity index is 1.95. The van der Waals surface area contributed by atoms with Gasteiger partial charge in [-0.05, 0) is 45.5 Å². The van der Waals surface area contributed by atoms with E-state index in [2.05, 4.69) is 36.0 Å². The molecule has 0 aliphatic carbocycles. The molecule has 1 saturated heterocycles. The highest BCUT2D eigenvalue weighted by molar-refractivity contribution is 5.93. The lowest BCUT2D eigenvalue weighted by Crippen LogP contribution is -2.58. The second-order valence-corrected chi connectivity index (χ2v) is 6.51. The van der Waals surface area contributed by atoms with E-state index in [1.54, 1.807) is 0 Å². The molecule has 1 amide bonds.